The number of hydrogen-bond acceptors (Lipinski definition) is 8. The number of hydrogen-bond donors (Lipinski definition) is 2. The maximum absolute atomic E-state index is 12.5. The number of methoxy groups -OCH3 is 2. The zero-order chi connectivity index (χ0) is 22.5. The highest BCUT2D eigenvalue weighted by molar-refractivity contribution is 7.92. The van der Waals surface area contributed by atoms with E-state index in [0.717, 1.165) is 6.21 Å². The van der Waals surface area contributed by atoms with Crippen LogP contribution in [0.3, 0.4) is 0 Å². The number of halogens is 3. The summed E-state index contributed by atoms with van der Waals surface area (Å²) in [5.74, 6) is -1.97. The van der Waals surface area contributed by atoms with Crippen LogP contribution in [0.2, 0.25) is 0 Å². The number of phenols is 1. The molecule has 0 aliphatic heterocycles. The average molecular weight is 447 g/mol. The first-order valence-electron chi connectivity index (χ1n) is 8.01. The Balaban J connectivity index is 2.09. The van der Waals surface area contributed by atoms with E-state index in [2.05, 4.69) is 10.1 Å². The molecule has 13 heteroatoms. The lowest BCUT2D eigenvalue weighted by Gasteiger charge is -2.09. The molecule has 0 fully saturated rings. The van der Waals surface area contributed by atoms with Crippen molar-refractivity contribution in [3.05, 3.63) is 41.6 Å². The molecule has 162 valence electrons. The van der Waals surface area contributed by atoms with Crippen LogP contribution in [0.5, 0.6) is 17.2 Å². The topological polar surface area (TPSA) is 127 Å². The highest BCUT2D eigenvalue weighted by Crippen LogP contribution is 2.32. The molecule has 30 heavy (non-hydrogen) atoms. The number of amides is 1. The van der Waals surface area contributed by atoms with Crippen molar-refractivity contribution in [1.29, 1.82) is 0 Å². The quantitative estimate of drug-likeness (QED) is 0.489. The lowest BCUT2D eigenvalue weighted by Crippen LogP contribution is -2.27. The first-order valence-corrected chi connectivity index (χ1v) is 9.66. The van der Waals surface area contributed by atoms with Crippen molar-refractivity contribution in [2.75, 3.05) is 20.0 Å². The van der Waals surface area contributed by atoms with Gasteiger partial charge in [0.25, 0.3) is 5.91 Å². The van der Waals surface area contributed by atoms with Crippen LogP contribution in [-0.2, 0) is 20.8 Å². The second-order valence-corrected chi connectivity index (χ2v) is 7.63. The summed E-state index contributed by atoms with van der Waals surface area (Å²) in [6.45, 7) is 0. The fraction of sp³-hybridized carbons (Fsp3) is 0.235. The Morgan fingerprint density at radius 3 is 2.50 bits per heavy atom. The fourth-order valence-corrected chi connectivity index (χ4v) is 3.23. The number of pyridine rings is 1. The Labute approximate surface area is 169 Å². The van der Waals surface area contributed by atoms with Crippen LogP contribution in [-0.4, -0.2) is 50.6 Å². The molecule has 1 aromatic heterocycles. The minimum Gasteiger partial charge on any atom is -0.507 e. The van der Waals surface area contributed by atoms with Crippen molar-refractivity contribution in [2.45, 2.75) is 11.2 Å². The zero-order valence-electron chi connectivity index (χ0n) is 15.6. The molecule has 0 aliphatic rings. The van der Waals surface area contributed by atoms with Gasteiger partial charge in [-0.25, -0.2) is 18.8 Å². The third kappa shape index (κ3) is 5.59. The molecule has 0 aliphatic carbocycles. The highest BCUT2D eigenvalue weighted by atomic mass is 32.2. The average Bonchev–Trinajstić information content (AvgIpc) is 2.67. The van der Waals surface area contributed by atoms with Crippen molar-refractivity contribution < 1.29 is 41.0 Å². The number of carbonyl (C=O) groups excluding carboxylic acids is 1. The Kier molecular flexibility index (Phi) is 6.87. The van der Waals surface area contributed by atoms with Gasteiger partial charge in [0, 0.05) is 18.3 Å². The van der Waals surface area contributed by atoms with Crippen molar-refractivity contribution in [2.24, 2.45) is 5.10 Å². The summed E-state index contributed by atoms with van der Waals surface area (Å²) in [6, 6.07) is 3.93. The highest BCUT2D eigenvalue weighted by Gasteiger charge is 2.31. The molecule has 1 amide bonds. The van der Waals surface area contributed by atoms with Gasteiger partial charge in [0.15, 0.2) is 5.03 Å². The van der Waals surface area contributed by atoms with Gasteiger partial charge in [-0.15, -0.1) is 0 Å². The molecule has 0 unspecified atom stereocenters. The molecule has 1 aromatic carbocycles. The van der Waals surface area contributed by atoms with Crippen LogP contribution in [0.1, 0.15) is 11.1 Å². The van der Waals surface area contributed by atoms with Gasteiger partial charge in [-0.05, 0) is 12.1 Å². The number of aromatic nitrogens is 1. The van der Waals surface area contributed by atoms with E-state index < -0.39 is 38.3 Å². The number of carbonyl (C=O) groups is 1. The molecule has 2 aromatic rings. The molecule has 0 saturated heterocycles. The van der Waals surface area contributed by atoms with E-state index >= 15 is 0 Å². The molecule has 2 N–H and O–H groups in total. The minimum absolute atomic E-state index is 0.0888. The second-order valence-electron chi connectivity index (χ2n) is 5.70. The monoisotopic (exact) mass is 447 g/mol. The fourth-order valence-electron chi connectivity index (χ4n) is 2.18. The van der Waals surface area contributed by atoms with Crippen molar-refractivity contribution in [3.63, 3.8) is 0 Å². The number of aromatic hydroxyl groups is 1. The van der Waals surface area contributed by atoms with Gasteiger partial charge >= 0.3 is 6.18 Å². The Hall–Kier alpha value is -3.35. The standard InChI is InChI=1S/C17H16F3N3O6S/c1-28-11-5-13(24)12(14(6-11)29-2)8-22-23-15(25)9-30(26,27)16-4-3-10(7-21-16)17(18,19)20/h3-8,24H,9H2,1-2H3,(H,23,25)/b22-8+. The number of hydrazone groups is 1. The summed E-state index contributed by atoms with van der Waals surface area (Å²) in [5.41, 5.74) is 0.913. The molecule has 2 rings (SSSR count). The minimum atomic E-state index is -4.67. The summed E-state index contributed by atoms with van der Waals surface area (Å²) in [6.07, 6.45) is -3.29. The van der Waals surface area contributed by atoms with Gasteiger partial charge in [0.2, 0.25) is 9.84 Å². The van der Waals surface area contributed by atoms with E-state index in [1.165, 1.54) is 26.4 Å². The number of nitrogens with zero attached hydrogens (tertiary/aromatic N) is 2. The first-order chi connectivity index (χ1) is 14.0. The maximum Gasteiger partial charge on any atom is 0.417 e. The Morgan fingerprint density at radius 2 is 1.97 bits per heavy atom. The molecular formula is C17H16F3N3O6S. The molecular weight excluding hydrogens is 431 g/mol. The number of sulfone groups is 1. The Bertz CT molecular complexity index is 1050. The van der Waals surface area contributed by atoms with Gasteiger partial charge < -0.3 is 14.6 Å². The second kappa shape index (κ2) is 8.98. The number of benzene rings is 1. The predicted octanol–water partition coefficient (Wildman–Crippen LogP) is 1.75. The molecule has 0 saturated carbocycles. The van der Waals surface area contributed by atoms with Crippen LogP contribution in [0, 0.1) is 0 Å². The first kappa shape index (κ1) is 22.9. The van der Waals surface area contributed by atoms with Crippen molar-refractivity contribution in [3.8, 4) is 17.2 Å². The van der Waals surface area contributed by atoms with Crippen LogP contribution in [0.15, 0.2) is 40.6 Å². The summed E-state index contributed by atoms with van der Waals surface area (Å²) < 4.78 is 71.9. The number of ether oxygens (including phenoxy) is 2. The number of rotatable bonds is 7. The van der Waals surface area contributed by atoms with Crippen molar-refractivity contribution >= 4 is 22.0 Å². The molecule has 0 spiro atoms. The maximum atomic E-state index is 12.5. The van der Waals surface area contributed by atoms with Gasteiger partial charge in [0.05, 0.1) is 31.6 Å². The van der Waals surface area contributed by atoms with Crippen LogP contribution >= 0.6 is 0 Å². The van der Waals surface area contributed by atoms with E-state index in [4.69, 9.17) is 9.47 Å². The molecule has 0 radical (unpaired) electrons. The predicted molar refractivity (Wildman–Crippen MR) is 98.2 cm³/mol. The van der Waals surface area contributed by atoms with Gasteiger partial charge in [0.1, 0.15) is 23.0 Å². The van der Waals surface area contributed by atoms with Gasteiger partial charge in [-0.2, -0.15) is 18.3 Å². The molecule has 1 heterocycles. The summed E-state index contributed by atoms with van der Waals surface area (Å²) in [4.78, 5) is 15.1. The lowest BCUT2D eigenvalue weighted by atomic mass is 10.2. The summed E-state index contributed by atoms with van der Waals surface area (Å²) in [7, 11) is -1.59. The smallest absolute Gasteiger partial charge is 0.417 e. The van der Waals surface area contributed by atoms with E-state index in [1.807, 2.05) is 5.43 Å². The SMILES string of the molecule is COc1cc(O)c(/C=N/NC(=O)CS(=O)(=O)c2ccc(C(F)(F)F)cn2)c(OC)c1. The van der Waals surface area contributed by atoms with E-state index in [0.29, 0.717) is 24.1 Å². The largest absolute Gasteiger partial charge is 0.507 e. The van der Waals surface area contributed by atoms with Gasteiger partial charge in [-0.3, -0.25) is 4.79 Å². The van der Waals surface area contributed by atoms with Crippen LogP contribution in [0.25, 0.3) is 0 Å². The van der Waals surface area contributed by atoms with E-state index in [9.17, 15) is 31.5 Å². The number of alkyl halides is 3. The van der Waals surface area contributed by atoms with Gasteiger partial charge in [-0.1, -0.05) is 0 Å². The van der Waals surface area contributed by atoms with E-state index in [-0.39, 0.29) is 17.1 Å². The summed E-state index contributed by atoms with van der Waals surface area (Å²) in [5, 5.41) is 12.8. The molecule has 0 bridgehead atoms. The lowest BCUT2D eigenvalue weighted by molar-refractivity contribution is -0.137. The van der Waals surface area contributed by atoms with Crippen LogP contribution < -0.4 is 14.9 Å². The van der Waals surface area contributed by atoms with Crippen molar-refractivity contribution in [1.82, 2.24) is 10.4 Å². The third-order valence-electron chi connectivity index (χ3n) is 3.64. The summed E-state index contributed by atoms with van der Waals surface area (Å²) >= 11 is 0. The normalized spacial score (nSPS) is 12.0. The number of phenolic OH excluding ortho intramolecular Hbond substituents is 1. The van der Waals surface area contributed by atoms with E-state index in [1.54, 1.807) is 0 Å². The molecule has 0 atom stereocenters. The van der Waals surface area contributed by atoms with Crippen LogP contribution in [0.4, 0.5) is 13.2 Å². The Morgan fingerprint density at radius 1 is 1.27 bits per heavy atom. The number of nitrogens with one attached hydrogen (secondary N) is 1. The zero-order valence-corrected chi connectivity index (χ0v) is 16.4. The molecule has 9 nitrogen and oxygen atoms in total. The third-order valence-corrected chi connectivity index (χ3v) is 5.16.